The van der Waals surface area contributed by atoms with Crippen molar-refractivity contribution in [1.82, 2.24) is 0 Å². The van der Waals surface area contributed by atoms with E-state index in [-0.39, 0.29) is 0 Å². The van der Waals surface area contributed by atoms with Gasteiger partial charge in [-0.1, -0.05) is 6.92 Å². The van der Waals surface area contributed by atoms with Crippen molar-refractivity contribution < 1.29 is 4.79 Å². The van der Waals surface area contributed by atoms with Gasteiger partial charge in [-0.15, -0.1) is 10.2 Å². The van der Waals surface area contributed by atoms with E-state index in [0.717, 1.165) is 0 Å². The molecule has 0 aliphatic carbocycles. The molecule has 0 radical (unpaired) electrons. The lowest BCUT2D eigenvalue weighted by Crippen LogP contribution is -2.21. The molecule has 1 heterocycles. The number of carbonyl (C=O) groups excluding carboxylic acids is 1. The topological polar surface area (TPSA) is 54.1 Å². The Kier molecular flexibility index (Phi) is 1.38. The standard InChI is InChI=1S/C5H7N3O/c1-2-5(3-9)6-4-7-8-5/h3-4H,2H2,1H3. The number of aliphatic imine (C=N–C) groups is 1. The van der Waals surface area contributed by atoms with Gasteiger partial charge in [0.05, 0.1) is 0 Å². The highest BCUT2D eigenvalue weighted by Crippen LogP contribution is 2.17. The minimum absolute atomic E-state index is 0.580. The van der Waals surface area contributed by atoms with Crippen LogP contribution in [0.15, 0.2) is 15.2 Å². The lowest BCUT2D eigenvalue weighted by atomic mass is 10.2. The Labute approximate surface area is 52.7 Å². The Morgan fingerprint density at radius 2 is 2.56 bits per heavy atom. The largest absolute Gasteiger partial charge is 0.298 e. The quantitative estimate of drug-likeness (QED) is 0.503. The summed E-state index contributed by atoms with van der Waals surface area (Å²) in [5.41, 5.74) is -0.875. The molecule has 0 spiro atoms. The zero-order valence-electron chi connectivity index (χ0n) is 5.11. The second-order valence-electron chi connectivity index (χ2n) is 1.81. The second kappa shape index (κ2) is 2.05. The highest BCUT2D eigenvalue weighted by Gasteiger charge is 2.27. The molecule has 9 heavy (non-hydrogen) atoms. The molecule has 0 aromatic carbocycles. The molecule has 1 unspecified atom stereocenters. The molecule has 1 rings (SSSR count). The molecule has 4 nitrogen and oxygen atoms in total. The van der Waals surface area contributed by atoms with Gasteiger partial charge in [-0.25, -0.2) is 4.99 Å². The average molecular weight is 125 g/mol. The van der Waals surface area contributed by atoms with Gasteiger partial charge in [-0.05, 0) is 6.42 Å². The zero-order chi connectivity index (χ0) is 6.74. The van der Waals surface area contributed by atoms with Crippen molar-refractivity contribution in [1.29, 1.82) is 0 Å². The summed E-state index contributed by atoms with van der Waals surface area (Å²) in [5, 5.41) is 7.12. The van der Waals surface area contributed by atoms with Crippen molar-refractivity contribution in [2.75, 3.05) is 0 Å². The van der Waals surface area contributed by atoms with Crippen LogP contribution in [-0.4, -0.2) is 18.3 Å². The summed E-state index contributed by atoms with van der Waals surface area (Å²) in [5.74, 6) is 0. The molecule has 1 atom stereocenters. The van der Waals surface area contributed by atoms with Gasteiger partial charge < -0.3 is 0 Å². The first-order valence-corrected chi connectivity index (χ1v) is 2.75. The van der Waals surface area contributed by atoms with Crippen LogP contribution in [-0.2, 0) is 4.79 Å². The summed E-state index contributed by atoms with van der Waals surface area (Å²) < 4.78 is 0. The molecule has 0 bridgehead atoms. The molecule has 0 amide bonds. The minimum atomic E-state index is -0.875. The number of hydrogen-bond acceptors (Lipinski definition) is 4. The molecule has 1 aliphatic rings. The van der Waals surface area contributed by atoms with Crippen LogP contribution in [0, 0.1) is 0 Å². The highest BCUT2D eigenvalue weighted by molar-refractivity contribution is 5.71. The van der Waals surface area contributed by atoms with Crippen LogP contribution in [0.2, 0.25) is 0 Å². The Bertz CT molecular complexity index is 161. The van der Waals surface area contributed by atoms with Gasteiger partial charge in [0.25, 0.3) is 0 Å². The summed E-state index contributed by atoms with van der Waals surface area (Å²) in [6, 6.07) is 0. The molecule has 0 N–H and O–H groups in total. The van der Waals surface area contributed by atoms with Crippen molar-refractivity contribution in [3.63, 3.8) is 0 Å². The Morgan fingerprint density at radius 1 is 1.78 bits per heavy atom. The lowest BCUT2D eigenvalue weighted by Gasteiger charge is -2.08. The van der Waals surface area contributed by atoms with Crippen molar-refractivity contribution >= 4 is 12.6 Å². The third-order valence-electron chi connectivity index (χ3n) is 1.27. The van der Waals surface area contributed by atoms with Gasteiger partial charge in [0.15, 0.2) is 6.29 Å². The van der Waals surface area contributed by atoms with E-state index in [0.29, 0.717) is 12.7 Å². The minimum Gasteiger partial charge on any atom is -0.298 e. The molecule has 1 aliphatic heterocycles. The van der Waals surface area contributed by atoms with E-state index in [1.165, 1.54) is 6.34 Å². The Balaban J connectivity index is 2.81. The number of aldehydes is 1. The maximum absolute atomic E-state index is 10.3. The van der Waals surface area contributed by atoms with Crippen molar-refractivity contribution in [2.45, 2.75) is 19.0 Å². The van der Waals surface area contributed by atoms with E-state index in [1.807, 2.05) is 6.92 Å². The molecule has 0 fully saturated rings. The Hall–Kier alpha value is -1.06. The van der Waals surface area contributed by atoms with Gasteiger partial charge in [-0.3, -0.25) is 4.79 Å². The van der Waals surface area contributed by atoms with Crippen LogP contribution in [0.4, 0.5) is 0 Å². The fourth-order valence-corrected chi connectivity index (χ4v) is 0.577. The van der Waals surface area contributed by atoms with Gasteiger partial charge in [0.1, 0.15) is 6.34 Å². The zero-order valence-corrected chi connectivity index (χ0v) is 5.11. The van der Waals surface area contributed by atoms with E-state index in [2.05, 4.69) is 15.2 Å². The molecule has 4 heteroatoms. The molecule has 0 saturated heterocycles. The van der Waals surface area contributed by atoms with Gasteiger partial charge in [0.2, 0.25) is 5.66 Å². The third-order valence-corrected chi connectivity index (χ3v) is 1.27. The fraction of sp³-hybridized carbons (Fsp3) is 0.600. The van der Waals surface area contributed by atoms with E-state index >= 15 is 0 Å². The van der Waals surface area contributed by atoms with Crippen LogP contribution in [0.1, 0.15) is 13.3 Å². The van der Waals surface area contributed by atoms with Crippen LogP contribution in [0.3, 0.4) is 0 Å². The van der Waals surface area contributed by atoms with Gasteiger partial charge in [0, 0.05) is 0 Å². The monoisotopic (exact) mass is 125 g/mol. The first-order chi connectivity index (χ1) is 4.33. The van der Waals surface area contributed by atoms with Crippen molar-refractivity contribution in [3.8, 4) is 0 Å². The molecule has 0 aromatic rings. The van der Waals surface area contributed by atoms with Crippen LogP contribution < -0.4 is 0 Å². The smallest absolute Gasteiger partial charge is 0.227 e. The predicted octanol–water partition coefficient (Wildman–Crippen LogP) is 0.786. The highest BCUT2D eigenvalue weighted by atomic mass is 16.1. The fourth-order valence-electron chi connectivity index (χ4n) is 0.577. The first kappa shape index (κ1) is 6.07. The summed E-state index contributed by atoms with van der Waals surface area (Å²) in [6.07, 6.45) is 2.59. The number of nitrogens with zero attached hydrogens (tertiary/aromatic N) is 3. The maximum Gasteiger partial charge on any atom is 0.227 e. The third kappa shape index (κ3) is 0.872. The summed E-state index contributed by atoms with van der Waals surface area (Å²) in [6.45, 7) is 1.84. The maximum atomic E-state index is 10.3. The molecule has 0 saturated carbocycles. The summed E-state index contributed by atoms with van der Waals surface area (Å²) in [7, 11) is 0. The number of carbonyl (C=O) groups is 1. The van der Waals surface area contributed by atoms with Crippen molar-refractivity contribution in [3.05, 3.63) is 0 Å². The summed E-state index contributed by atoms with van der Waals surface area (Å²) >= 11 is 0. The normalized spacial score (nSPS) is 31.2. The Morgan fingerprint density at radius 3 is 2.78 bits per heavy atom. The van der Waals surface area contributed by atoms with E-state index in [4.69, 9.17) is 0 Å². The summed E-state index contributed by atoms with van der Waals surface area (Å²) in [4.78, 5) is 14.1. The molecule has 0 aromatic heterocycles. The van der Waals surface area contributed by atoms with Crippen LogP contribution >= 0.6 is 0 Å². The number of azo groups is 1. The average Bonchev–Trinajstić information content (AvgIpc) is 2.36. The lowest BCUT2D eigenvalue weighted by molar-refractivity contribution is -0.112. The number of hydrogen-bond donors (Lipinski definition) is 0. The van der Waals surface area contributed by atoms with E-state index < -0.39 is 5.66 Å². The van der Waals surface area contributed by atoms with Gasteiger partial charge in [-0.2, -0.15) is 0 Å². The van der Waals surface area contributed by atoms with Gasteiger partial charge >= 0.3 is 0 Å². The van der Waals surface area contributed by atoms with E-state index in [9.17, 15) is 4.79 Å². The predicted molar refractivity (Wildman–Crippen MR) is 32.4 cm³/mol. The molecule has 48 valence electrons. The SMILES string of the molecule is CCC1(C=O)N=CN=N1. The van der Waals surface area contributed by atoms with E-state index in [1.54, 1.807) is 0 Å². The molecular formula is C5H7N3O. The van der Waals surface area contributed by atoms with Crippen molar-refractivity contribution in [2.24, 2.45) is 15.2 Å². The second-order valence-corrected chi connectivity index (χ2v) is 1.81. The van der Waals surface area contributed by atoms with Crippen LogP contribution in [0.5, 0.6) is 0 Å². The molecular weight excluding hydrogens is 118 g/mol. The first-order valence-electron chi connectivity index (χ1n) is 2.75. The number of rotatable bonds is 2. The van der Waals surface area contributed by atoms with Crippen LogP contribution in [0.25, 0.3) is 0 Å².